The van der Waals surface area contributed by atoms with E-state index in [1.807, 2.05) is 18.2 Å². The molecule has 0 fully saturated rings. The third kappa shape index (κ3) is 4.61. The van der Waals surface area contributed by atoms with Crippen molar-refractivity contribution in [2.45, 2.75) is 6.42 Å². The van der Waals surface area contributed by atoms with Gasteiger partial charge in [0.15, 0.2) is 0 Å². The summed E-state index contributed by atoms with van der Waals surface area (Å²) in [5.41, 5.74) is 6.30. The maximum Gasteiger partial charge on any atom is 0.409 e. The van der Waals surface area contributed by atoms with Crippen LogP contribution in [0, 0.1) is 0 Å². The van der Waals surface area contributed by atoms with E-state index in [1.165, 1.54) is 12.1 Å². The van der Waals surface area contributed by atoms with Gasteiger partial charge in [0.1, 0.15) is 5.75 Å². The van der Waals surface area contributed by atoms with Crippen molar-refractivity contribution in [1.29, 1.82) is 0 Å². The molecule has 0 saturated carbocycles. The highest BCUT2D eigenvalue weighted by molar-refractivity contribution is 5.94. The predicted molar refractivity (Wildman–Crippen MR) is 76.9 cm³/mol. The summed E-state index contributed by atoms with van der Waals surface area (Å²) in [5.74, 6) is 0.101. The second-order valence-corrected chi connectivity index (χ2v) is 4.27. The summed E-state index contributed by atoms with van der Waals surface area (Å²) < 4.78 is 4.69. The van der Waals surface area contributed by atoms with Gasteiger partial charge < -0.3 is 15.8 Å². The Morgan fingerprint density at radius 2 is 1.90 bits per heavy atom. The zero-order valence-electron chi connectivity index (χ0n) is 11.3. The third-order valence-corrected chi connectivity index (χ3v) is 2.73. The fourth-order valence-corrected chi connectivity index (χ4v) is 1.74. The number of carbonyl (C=O) groups excluding carboxylic acids is 2. The lowest BCUT2D eigenvalue weighted by Gasteiger charge is -2.06. The molecule has 1 heterocycles. The highest BCUT2D eigenvalue weighted by Gasteiger charge is 2.06. The van der Waals surface area contributed by atoms with Crippen LogP contribution in [-0.4, -0.2) is 23.5 Å². The van der Waals surface area contributed by atoms with Crippen molar-refractivity contribution in [3.63, 3.8) is 0 Å². The number of ether oxygens (including phenoxy) is 1. The van der Waals surface area contributed by atoms with Gasteiger partial charge in [0.05, 0.1) is 0 Å². The minimum absolute atomic E-state index is 0.198. The highest BCUT2D eigenvalue weighted by Crippen LogP contribution is 2.12. The molecular formula is C15H15N3O3. The fraction of sp³-hybridized carbons (Fsp3) is 0.133. The Kier molecular flexibility index (Phi) is 4.87. The van der Waals surface area contributed by atoms with Crippen molar-refractivity contribution >= 4 is 12.0 Å². The van der Waals surface area contributed by atoms with E-state index in [4.69, 9.17) is 5.73 Å². The number of aromatic nitrogens is 1. The van der Waals surface area contributed by atoms with Crippen LogP contribution in [0.5, 0.6) is 5.75 Å². The van der Waals surface area contributed by atoms with E-state index in [-0.39, 0.29) is 5.91 Å². The van der Waals surface area contributed by atoms with Crippen molar-refractivity contribution in [2.24, 2.45) is 5.73 Å². The van der Waals surface area contributed by atoms with E-state index >= 15 is 0 Å². The topological polar surface area (TPSA) is 94.3 Å². The van der Waals surface area contributed by atoms with Gasteiger partial charge in [0.2, 0.25) is 0 Å². The standard InChI is InChI=1S/C15H15N3O3/c16-15(20)21-13-6-4-11(5-7-13)14(19)18-10-8-12-3-1-2-9-17-12/h1-7,9H,8,10H2,(H2,16,20)(H,18,19). The summed E-state index contributed by atoms with van der Waals surface area (Å²) in [7, 11) is 0. The van der Waals surface area contributed by atoms with Crippen molar-refractivity contribution in [3.05, 3.63) is 59.9 Å². The normalized spacial score (nSPS) is 9.90. The molecule has 1 aromatic heterocycles. The first-order chi connectivity index (χ1) is 10.1. The number of amides is 2. The monoisotopic (exact) mass is 285 g/mol. The zero-order valence-corrected chi connectivity index (χ0v) is 11.3. The average Bonchev–Trinajstić information content (AvgIpc) is 2.48. The number of primary amides is 1. The Balaban J connectivity index is 1.84. The van der Waals surface area contributed by atoms with Crippen molar-refractivity contribution in [2.75, 3.05) is 6.54 Å². The van der Waals surface area contributed by atoms with Gasteiger partial charge in [-0.2, -0.15) is 0 Å². The number of nitrogens with zero attached hydrogens (tertiary/aromatic N) is 1. The molecule has 2 rings (SSSR count). The van der Waals surface area contributed by atoms with Crippen LogP contribution < -0.4 is 15.8 Å². The summed E-state index contributed by atoms with van der Waals surface area (Å²) >= 11 is 0. The number of carbonyl (C=O) groups is 2. The van der Waals surface area contributed by atoms with Crippen LogP contribution in [0.3, 0.4) is 0 Å². The molecule has 0 saturated heterocycles. The quantitative estimate of drug-likeness (QED) is 0.870. The number of rotatable bonds is 5. The molecule has 21 heavy (non-hydrogen) atoms. The van der Waals surface area contributed by atoms with E-state index in [9.17, 15) is 9.59 Å². The van der Waals surface area contributed by atoms with E-state index in [0.29, 0.717) is 24.3 Å². The summed E-state index contributed by atoms with van der Waals surface area (Å²) in [6.07, 6.45) is 1.49. The maximum absolute atomic E-state index is 11.9. The minimum Gasteiger partial charge on any atom is -0.411 e. The van der Waals surface area contributed by atoms with Crippen molar-refractivity contribution in [1.82, 2.24) is 10.3 Å². The molecule has 108 valence electrons. The third-order valence-electron chi connectivity index (χ3n) is 2.73. The van der Waals surface area contributed by atoms with E-state index < -0.39 is 6.09 Å². The van der Waals surface area contributed by atoms with Gasteiger partial charge >= 0.3 is 6.09 Å². The van der Waals surface area contributed by atoms with Gasteiger partial charge in [-0.25, -0.2) is 4.79 Å². The van der Waals surface area contributed by atoms with Crippen LogP contribution in [0.25, 0.3) is 0 Å². The van der Waals surface area contributed by atoms with Crippen molar-refractivity contribution < 1.29 is 14.3 Å². The summed E-state index contributed by atoms with van der Waals surface area (Å²) in [6, 6.07) is 11.8. The molecule has 0 radical (unpaired) electrons. The lowest BCUT2D eigenvalue weighted by atomic mass is 10.2. The van der Waals surface area contributed by atoms with E-state index in [2.05, 4.69) is 15.0 Å². The van der Waals surface area contributed by atoms with Crippen LogP contribution in [0.4, 0.5) is 4.79 Å². The first kappa shape index (κ1) is 14.5. The molecule has 6 heteroatoms. The molecule has 2 amide bonds. The average molecular weight is 285 g/mol. The zero-order chi connectivity index (χ0) is 15.1. The Bertz CT molecular complexity index is 612. The van der Waals surface area contributed by atoms with Gasteiger partial charge in [-0.3, -0.25) is 9.78 Å². The Labute approximate surface area is 121 Å². The smallest absolute Gasteiger partial charge is 0.409 e. The molecule has 2 aromatic rings. The molecule has 0 aliphatic rings. The second kappa shape index (κ2) is 7.04. The van der Waals surface area contributed by atoms with Gasteiger partial charge in [0.25, 0.3) is 5.91 Å². The number of pyridine rings is 1. The molecule has 0 atom stereocenters. The van der Waals surface area contributed by atoms with Crippen LogP contribution in [0.15, 0.2) is 48.7 Å². The first-order valence-corrected chi connectivity index (χ1v) is 6.40. The Morgan fingerprint density at radius 1 is 1.14 bits per heavy atom. The van der Waals surface area contributed by atoms with Crippen LogP contribution >= 0.6 is 0 Å². The van der Waals surface area contributed by atoms with Gasteiger partial charge in [0, 0.05) is 30.4 Å². The number of nitrogens with one attached hydrogen (secondary N) is 1. The largest absolute Gasteiger partial charge is 0.411 e. The second-order valence-electron chi connectivity index (χ2n) is 4.27. The van der Waals surface area contributed by atoms with Crippen LogP contribution in [0.1, 0.15) is 16.1 Å². The molecule has 0 aliphatic heterocycles. The Morgan fingerprint density at radius 3 is 2.52 bits per heavy atom. The minimum atomic E-state index is -0.887. The Hall–Kier alpha value is -2.89. The molecule has 3 N–H and O–H groups in total. The van der Waals surface area contributed by atoms with E-state index in [1.54, 1.807) is 18.3 Å². The molecule has 6 nitrogen and oxygen atoms in total. The first-order valence-electron chi connectivity index (χ1n) is 6.40. The molecule has 0 bridgehead atoms. The number of hydrogen-bond acceptors (Lipinski definition) is 4. The highest BCUT2D eigenvalue weighted by atomic mass is 16.5. The maximum atomic E-state index is 11.9. The van der Waals surface area contributed by atoms with Gasteiger partial charge in [-0.05, 0) is 36.4 Å². The molecule has 1 aromatic carbocycles. The van der Waals surface area contributed by atoms with Crippen LogP contribution in [-0.2, 0) is 6.42 Å². The van der Waals surface area contributed by atoms with Crippen LogP contribution in [0.2, 0.25) is 0 Å². The SMILES string of the molecule is NC(=O)Oc1ccc(C(=O)NCCc2ccccn2)cc1. The van der Waals surface area contributed by atoms with Gasteiger partial charge in [-0.1, -0.05) is 6.07 Å². The number of nitrogens with two attached hydrogens (primary N) is 1. The molecule has 0 spiro atoms. The summed E-state index contributed by atoms with van der Waals surface area (Å²) in [5, 5.41) is 2.80. The fourth-order valence-electron chi connectivity index (χ4n) is 1.74. The lowest BCUT2D eigenvalue weighted by molar-refractivity contribution is 0.0954. The lowest BCUT2D eigenvalue weighted by Crippen LogP contribution is -2.25. The number of benzene rings is 1. The summed E-state index contributed by atoms with van der Waals surface area (Å²) in [6.45, 7) is 0.495. The van der Waals surface area contributed by atoms with Crippen molar-refractivity contribution in [3.8, 4) is 5.75 Å². The molecular weight excluding hydrogens is 270 g/mol. The molecule has 0 aliphatic carbocycles. The number of hydrogen-bond donors (Lipinski definition) is 2. The van der Waals surface area contributed by atoms with Gasteiger partial charge in [-0.15, -0.1) is 0 Å². The predicted octanol–water partition coefficient (Wildman–Crippen LogP) is 1.51. The molecule has 0 unspecified atom stereocenters. The summed E-state index contributed by atoms with van der Waals surface area (Å²) in [4.78, 5) is 26.7. The van der Waals surface area contributed by atoms with E-state index in [0.717, 1.165) is 5.69 Å².